The number of hydrogen-bond acceptors (Lipinski definition) is 10. The lowest BCUT2D eigenvalue weighted by Gasteiger charge is -2.38. The van der Waals surface area contributed by atoms with E-state index >= 15 is 0 Å². The number of halogens is 8. The van der Waals surface area contributed by atoms with Crippen molar-refractivity contribution in [1.82, 2.24) is 0 Å². The molecule has 60 heavy (non-hydrogen) atoms. The molecule has 2 amide bonds. The van der Waals surface area contributed by atoms with Crippen LogP contribution < -0.4 is 11.7 Å². The maximum absolute atomic E-state index is 13.5. The third-order valence-corrected chi connectivity index (χ3v) is 13.4. The van der Waals surface area contributed by atoms with Gasteiger partial charge >= 0.3 is 24.2 Å². The van der Waals surface area contributed by atoms with E-state index in [0.717, 1.165) is 36.4 Å². The van der Waals surface area contributed by atoms with Crippen LogP contribution in [0.4, 0.5) is 26.3 Å². The highest BCUT2D eigenvalue weighted by molar-refractivity contribution is 7.87. The zero-order chi connectivity index (χ0) is 44.4. The first-order chi connectivity index (χ1) is 27.8. The number of nitrogens with zero attached hydrogens (tertiary/aromatic N) is 4. The molecule has 6 rings (SSSR count). The summed E-state index contributed by atoms with van der Waals surface area (Å²) in [6.45, 7) is 0. The van der Waals surface area contributed by atoms with E-state index in [0.29, 0.717) is 0 Å². The van der Waals surface area contributed by atoms with E-state index in [1.54, 1.807) is 0 Å². The Morgan fingerprint density at radius 1 is 0.583 bits per heavy atom. The number of amides is 2. The molecule has 14 nitrogen and oxygen atoms in total. The molecule has 0 heterocycles. The standard InChI is InChI=1S/C36H24Cl2F6N6O8S2/c37-25-13-17(9-11-23(25)33(59(53,54)55)15-27(49-45)29(47-31(51)35(39,40)41)19-5-1-3-7-21(19)33)18-10-12-24(26(38)14-18)34(60(56,57)58)16-28(50-46)30(48-32(52)36(42,43)44)20-6-2-4-8-22(20)34/h1-14H,15-16,45-46H2,(H,53,54,55)(H,56,57,58). The number of rotatable bonds is 5. The summed E-state index contributed by atoms with van der Waals surface area (Å²) in [6.07, 6.45) is -12.7. The zero-order valence-corrected chi connectivity index (χ0v) is 32.8. The Morgan fingerprint density at radius 3 is 1.20 bits per heavy atom. The topological polar surface area (TPSA) is 244 Å². The van der Waals surface area contributed by atoms with Crippen molar-refractivity contribution in [2.75, 3.05) is 0 Å². The molecule has 0 saturated heterocycles. The molecule has 0 aromatic heterocycles. The van der Waals surface area contributed by atoms with Gasteiger partial charge in [0.1, 0.15) is 0 Å². The number of hydrazone groups is 2. The van der Waals surface area contributed by atoms with Gasteiger partial charge in [-0.05, 0) is 45.5 Å². The van der Waals surface area contributed by atoms with Crippen LogP contribution in [-0.2, 0) is 39.3 Å². The Morgan fingerprint density at radius 2 is 0.917 bits per heavy atom. The molecule has 0 radical (unpaired) electrons. The fraction of sp³-hybridized carbons (Fsp3) is 0.167. The van der Waals surface area contributed by atoms with Gasteiger partial charge in [-0.1, -0.05) is 96.0 Å². The molecule has 2 aliphatic carbocycles. The lowest BCUT2D eigenvalue weighted by Crippen LogP contribution is -2.46. The maximum Gasteiger partial charge on any atom is 0.473 e. The van der Waals surface area contributed by atoms with Gasteiger partial charge in [0, 0.05) is 34.0 Å². The Bertz CT molecular complexity index is 2680. The summed E-state index contributed by atoms with van der Waals surface area (Å²) in [6, 6.07) is 17.1. The van der Waals surface area contributed by atoms with Crippen LogP contribution in [0, 0.1) is 0 Å². The van der Waals surface area contributed by atoms with E-state index in [1.165, 1.54) is 48.5 Å². The van der Waals surface area contributed by atoms with Crippen molar-refractivity contribution in [3.05, 3.63) is 128 Å². The first-order valence-corrected chi connectivity index (χ1v) is 20.1. The first-order valence-electron chi connectivity index (χ1n) is 16.5. The van der Waals surface area contributed by atoms with Crippen LogP contribution in [0.15, 0.2) is 105 Å². The zero-order valence-electron chi connectivity index (χ0n) is 29.6. The molecule has 24 heteroatoms. The lowest BCUT2D eigenvalue weighted by molar-refractivity contribution is -0.169. The van der Waals surface area contributed by atoms with E-state index in [9.17, 15) is 61.9 Å². The van der Waals surface area contributed by atoms with Gasteiger partial charge in [0.25, 0.3) is 20.2 Å². The molecule has 4 aromatic rings. The largest absolute Gasteiger partial charge is 0.473 e. The molecule has 6 N–H and O–H groups in total. The van der Waals surface area contributed by atoms with Crippen molar-refractivity contribution in [2.45, 2.75) is 34.7 Å². The molecule has 0 saturated carbocycles. The van der Waals surface area contributed by atoms with Crippen molar-refractivity contribution in [3.63, 3.8) is 0 Å². The second-order valence-corrected chi connectivity index (χ2v) is 17.2. The summed E-state index contributed by atoms with van der Waals surface area (Å²) in [4.78, 5) is 30.1. The molecular weight excluding hydrogens is 893 g/mol. The fourth-order valence-corrected chi connectivity index (χ4v) is 10.5. The van der Waals surface area contributed by atoms with E-state index in [1.807, 2.05) is 0 Å². The highest BCUT2D eigenvalue weighted by atomic mass is 35.5. The molecule has 314 valence electrons. The van der Waals surface area contributed by atoms with Gasteiger partial charge in [0.15, 0.2) is 9.49 Å². The molecule has 0 aliphatic heterocycles. The predicted molar refractivity (Wildman–Crippen MR) is 207 cm³/mol. The van der Waals surface area contributed by atoms with Crippen molar-refractivity contribution < 1.29 is 61.9 Å². The van der Waals surface area contributed by atoms with E-state index in [4.69, 9.17) is 34.9 Å². The summed E-state index contributed by atoms with van der Waals surface area (Å²) >= 11 is 13.5. The van der Waals surface area contributed by atoms with Gasteiger partial charge in [-0.25, -0.2) is 9.98 Å². The fourth-order valence-electron chi connectivity index (χ4n) is 7.28. The van der Waals surface area contributed by atoms with Crippen molar-refractivity contribution in [2.24, 2.45) is 31.9 Å². The average Bonchev–Trinajstić information content (AvgIpc) is 3.16. The molecule has 0 fully saturated rings. The second-order valence-electron chi connectivity index (χ2n) is 13.1. The number of carbonyl (C=O) groups excluding carboxylic acids is 2. The molecule has 2 aliphatic rings. The second kappa shape index (κ2) is 15.2. The summed E-state index contributed by atoms with van der Waals surface area (Å²) < 4.78 is 150. The predicted octanol–water partition coefficient (Wildman–Crippen LogP) is 6.12. The SMILES string of the molecule is NN=C1CC(c2ccc(-c3ccc(C4(S(=O)(=O)O)CC(=NN)C(=NC(=O)C(F)(F)F)c5ccccc54)c(Cl)c3)cc2Cl)(S(=O)(=O)O)c2ccccc2C1=NC(=O)C(F)(F)F. The van der Waals surface area contributed by atoms with Crippen LogP contribution in [0.5, 0.6) is 0 Å². The van der Waals surface area contributed by atoms with E-state index in [2.05, 4.69) is 20.2 Å². The number of benzene rings is 4. The van der Waals surface area contributed by atoms with Gasteiger partial charge in [-0.2, -0.15) is 53.4 Å². The van der Waals surface area contributed by atoms with Crippen molar-refractivity contribution >= 4 is 78.1 Å². The molecule has 0 spiro atoms. The van der Waals surface area contributed by atoms with Gasteiger partial charge in [0.05, 0.1) is 22.8 Å². The number of carbonyl (C=O) groups is 2. The minimum atomic E-state index is -5.42. The number of aliphatic imine (C=N–C) groups is 2. The van der Waals surface area contributed by atoms with Crippen LogP contribution in [0.2, 0.25) is 10.0 Å². The van der Waals surface area contributed by atoms with Crippen LogP contribution in [0.1, 0.15) is 46.2 Å². The third kappa shape index (κ3) is 7.25. The van der Waals surface area contributed by atoms with Crippen LogP contribution in [0.25, 0.3) is 11.1 Å². The molecule has 2 unspecified atom stereocenters. The number of alkyl halides is 6. The van der Waals surface area contributed by atoms with Gasteiger partial charge in [-0.15, -0.1) is 0 Å². The molecule has 2 atom stereocenters. The summed E-state index contributed by atoms with van der Waals surface area (Å²) in [5.74, 6) is 5.88. The number of nitrogens with two attached hydrogens (primary N) is 2. The maximum atomic E-state index is 13.5. The summed E-state index contributed by atoms with van der Waals surface area (Å²) in [7, 11) is -10.7. The van der Waals surface area contributed by atoms with Gasteiger partial charge in [0.2, 0.25) is 0 Å². The Balaban J connectivity index is 1.51. The Hall–Kier alpha value is -5.52. The lowest BCUT2D eigenvalue weighted by atomic mass is 9.75. The van der Waals surface area contributed by atoms with Gasteiger partial charge < -0.3 is 11.7 Å². The van der Waals surface area contributed by atoms with E-state index < -0.39 is 89.6 Å². The minimum absolute atomic E-state index is 0.173. The van der Waals surface area contributed by atoms with Gasteiger partial charge in [-0.3, -0.25) is 18.7 Å². The van der Waals surface area contributed by atoms with Crippen molar-refractivity contribution in [3.8, 4) is 11.1 Å². The smallest absolute Gasteiger partial charge is 0.323 e. The Kier molecular flexibility index (Phi) is 11.1. The Labute approximate surface area is 344 Å². The molecule has 0 bridgehead atoms. The third-order valence-electron chi connectivity index (χ3n) is 9.86. The summed E-state index contributed by atoms with van der Waals surface area (Å²) in [5.41, 5.74) is -4.32. The number of fused-ring (bicyclic) bond motifs is 2. The van der Waals surface area contributed by atoms with E-state index in [-0.39, 0.29) is 54.6 Å². The molecule has 4 aromatic carbocycles. The quantitative estimate of drug-likeness (QED) is 0.0774. The monoisotopic (exact) mass is 916 g/mol. The highest BCUT2D eigenvalue weighted by Crippen LogP contribution is 2.51. The first kappa shape index (κ1) is 44.0. The van der Waals surface area contributed by atoms with Crippen LogP contribution in [-0.4, -0.2) is 73.0 Å². The molecular formula is C36H24Cl2F6N6O8S2. The number of hydrogen-bond donors (Lipinski definition) is 4. The average molecular weight is 918 g/mol. The normalized spacial score (nSPS) is 22.5. The van der Waals surface area contributed by atoms with Crippen LogP contribution in [0.3, 0.4) is 0 Å². The summed E-state index contributed by atoms with van der Waals surface area (Å²) in [5, 5.41) is 6.11. The minimum Gasteiger partial charge on any atom is -0.323 e. The van der Waals surface area contributed by atoms with Crippen molar-refractivity contribution in [1.29, 1.82) is 0 Å². The highest BCUT2D eigenvalue weighted by Gasteiger charge is 2.56. The van der Waals surface area contributed by atoms with Crippen LogP contribution >= 0.6 is 23.2 Å².